The van der Waals surface area contributed by atoms with Gasteiger partial charge in [-0.2, -0.15) is 5.26 Å². The van der Waals surface area contributed by atoms with Crippen molar-refractivity contribution in [1.82, 2.24) is 9.80 Å². The molecule has 0 spiro atoms. The number of piperidine rings is 1. The molecule has 43 heavy (non-hydrogen) atoms. The third kappa shape index (κ3) is 4.66. The van der Waals surface area contributed by atoms with Crippen LogP contribution in [0, 0.1) is 28.6 Å². The first-order valence-electron chi connectivity index (χ1n) is 16.2. The Hall–Kier alpha value is -3.33. The van der Waals surface area contributed by atoms with Gasteiger partial charge in [0.25, 0.3) is 0 Å². The Morgan fingerprint density at radius 3 is 2.60 bits per heavy atom. The van der Waals surface area contributed by atoms with Crippen LogP contribution in [0.2, 0.25) is 0 Å². The van der Waals surface area contributed by atoms with Gasteiger partial charge in [0.05, 0.1) is 18.7 Å². The molecule has 7 rings (SSSR count). The molecule has 224 valence electrons. The summed E-state index contributed by atoms with van der Waals surface area (Å²) in [6, 6.07) is 26.1. The summed E-state index contributed by atoms with van der Waals surface area (Å²) >= 11 is 0. The van der Waals surface area contributed by atoms with Gasteiger partial charge in [-0.05, 0) is 112 Å². The predicted molar refractivity (Wildman–Crippen MR) is 171 cm³/mol. The van der Waals surface area contributed by atoms with Crippen LogP contribution in [0.4, 0.5) is 0 Å². The van der Waals surface area contributed by atoms with Crippen molar-refractivity contribution in [2.45, 2.75) is 76.4 Å². The van der Waals surface area contributed by atoms with E-state index in [0.29, 0.717) is 29.3 Å². The van der Waals surface area contributed by atoms with Crippen molar-refractivity contribution in [3.05, 3.63) is 89.0 Å². The van der Waals surface area contributed by atoms with Gasteiger partial charge in [0, 0.05) is 36.2 Å². The summed E-state index contributed by atoms with van der Waals surface area (Å²) in [5, 5.41) is 9.60. The fourth-order valence-electron chi connectivity index (χ4n) is 9.42. The van der Waals surface area contributed by atoms with Crippen LogP contribution in [0.15, 0.2) is 66.7 Å². The van der Waals surface area contributed by atoms with Crippen LogP contribution in [-0.4, -0.2) is 49.1 Å². The Morgan fingerprint density at radius 2 is 1.86 bits per heavy atom. The Labute approximate surface area is 257 Å². The van der Waals surface area contributed by atoms with E-state index in [1.165, 1.54) is 48.9 Å². The van der Waals surface area contributed by atoms with Crippen molar-refractivity contribution >= 4 is 0 Å². The first-order valence-corrected chi connectivity index (χ1v) is 16.2. The maximum Gasteiger partial charge on any atom is 0.173 e. The van der Waals surface area contributed by atoms with E-state index in [0.717, 1.165) is 43.3 Å². The summed E-state index contributed by atoms with van der Waals surface area (Å²) < 4.78 is 12.9. The average Bonchev–Trinajstić information content (AvgIpc) is 3.78. The second-order valence-corrected chi connectivity index (χ2v) is 14.0. The van der Waals surface area contributed by atoms with Crippen molar-refractivity contribution < 1.29 is 9.47 Å². The standard InChI is InChI=1S/C38H45N3O2/c1-26(40(3)24-27-9-6-5-7-10-27)32-17-18-37(2)34-22-30-15-16-33(42-4)36(43-31-12-8-11-29(21-31)23-39)35(30)38(32,37)19-20-41(34)25-28-13-14-28/h5-12,15-16,21,26,28,32,34H,13-14,17-20,22,24-25H2,1-4H3. The van der Waals surface area contributed by atoms with Gasteiger partial charge in [-0.1, -0.05) is 49.4 Å². The van der Waals surface area contributed by atoms with E-state index in [2.05, 4.69) is 79.2 Å². The van der Waals surface area contributed by atoms with E-state index in [1.54, 1.807) is 7.11 Å². The van der Waals surface area contributed by atoms with Gasteiger partial charge < -0.3 is 9.47 Å². The maximum atomic E-state index is 9.60. The fraction of sp³-hybridized carbons (Fsp3) is 0.500. The lowest BCUT2D eigenvalue weighted by Gasteiger charge is -2.63. The second-order valence-electron chi connectivity index (χ2n) is 14.0. The molecule has 3 aromatic rings. The molecular formula is C38H45N3O2. The molecule has 0 aromatic heterocycles. The van der Waals surface area contributed by atoms with Crippen molar-refractivity contribution in [1.29, 1.82) is 5.26 Å². The number of benzene rings is 3. The Balaban J connectivity index is 1.36. The number of rotatable bonds is 9. The van der Waals surface area contributed by atoms with Gasteiger partial charge in [0.15, 0.2) is 11.5 Å². The summed E-state index contributed by atoms with van der Waals surface area (Å²) in [7, 11) is 4.06. The molecule has 5 nitrogen and oxygen atoms in total. The number of likely N-dealkylation sites (tertiary alicyclic amines) is 1. The lowest BCUT2D eigenvalue weighted by molar-refractivity contribution is -0.0654. The zero-order valence-electron chi connectivity index (χ0n) is 26.2. The van der Waals surface area contributed by atoms with E-state index in [9.17, 15) is 5.26 Å². The second kappa shape index (κ2) is 11.0. The van der Waals surface area contributed by atoms with Crippen LogP contribution < -0.4 is 9.47 Å². The molecule has 3 fully saturated rings. The topological polar surface area (TPSA) is 48.7 Å². The van der Waals surface area contributed by atoms with Crippen LogP contribution in [0.5, 0.6) is 17.2 Å². The van der Waals surface area contributed by atoms with Crippen LogP contribution in [0.1, 0.15) is 68.2 Å². The number of hydrogen-bond acceptors (Lipinski definition) is 5. The van der Waals surface area contributed by atoms with Crippen molar-refractivity contribution in [2.75, 3.05) is 27.2 Å². The summed E-state index contributed by atoms with van der Waals surface area (Å²) in [5.74, 6) is 3.71. The molecule has 4 aliphatic rings. The van der Waals surface area contributed by atoms with E-state index in [4.69, 9.17) is 9.47 Å². The minimum atomic E-state index is -0.0353. The maximum absolute atomic E-state index is 9.60. The number of hydrogen-bond donors (Lipinski definition) is 0. The zero-order valence-corrected chi connectivity index (χ0v) is 26.2. The van der Waals surface area contributed by atoms with Crippen LogP contribution >= 0.6 is 0 Å². The number of ether oxygens (including phenoxy) is 2. The average molecular weight is 576 g/mol. The van der Waals surface area contributed by atoms with Gasteiger partial charge in [0.2, 0.25) is 0 Å². The third-order valence-corrected chi connectivity index (χ3v) is 11.8. The highest BCUT2D eigenvalue weighted by Gasteiger charge is 2.68. The molecule has 3 aromatic carbocycles. The minimum absolute atomic E-state index is 0.0353. The van der Waals surface area contributed by atoms with Crippen LogP contribution in [0.25, 0.3) is 0 Å². The molecule has 5 atom stereocenters. The van der Waals surface area contributed by atoms with Crippen LogP contribution in [0.3, 0.4) is 0 Å². The van der Waals surface area contributed by atoms with Crippen molar-refractivity contribution in [3.8, 4) is 23.3 Å². The van der Waals surface area contributed by atoms with E-state index in [-0.39, 0.29) is 10.8 Å². The Bertz CT molecular complexity index is 1530. The smallest absolute Gasteiger partial charge is 0.173 e. The van der Waals surface area contributed by atoms with Crippen LogP contribution in [-0.2, 0) is 18.4 Å². The molecule has 0 amide bonds. The molecule has 3 aliphatic carbocycles. The van der Waals surface area contributed by atoms with E-state index in [1.807, 2.05) is 24.3 Å². The number of methoxy groups -OCH3 is 1. The van der Waals surface area contributed by atoms with E-state index >= 15 is 0 Å². The van der Waals surface area contributed by atoms with Gasteiger partial charge in [-0.3, -0.25) is 9.80 Å². The third-order valence-electron chi connectivity index (χ3n) is 11.8. The molecule has 2 bridgehead atoms. The molecule has 0 radical (unpaired) electrons. The highest BCUT2D eigenvalue weighted by molar-refractivity contribution is 5.60. The van der Waals surface area contributed by atoms with Crippen molar-refractivity contribution in [3.63, 3.8) is 0 Å². The van der Waals surface area contributed by atoms with Gasteiger partial charge in [0.1, 0.15) is 5.75 Å². The zero-order chi connectivity index (χ0) is 29.8. The molecule has 5 heteroatoms. The summed E-state index contributed by atoms with van der Waals surface area (Å²) in [4.78, 5) is 5.46. The first-order chi connectivity index (χ1) is 20.9. The van der Waals surface area contributed by atoms with E-state index < -0.39 is 0 Å². The van der Waals surface area contributed by atoms with Gasteiger partial charge >= 0.3 is 0 Å². The Kier molecular flexibility index (Phi) is 7.27. The number of nitriles is 1. The summed E-state index contributed by atoms with van der Waals surface area (Å²) in [6.07, 6.45) is 7.41. The summed E-state index contributed by atoms with van der Waals surface area (Å²) in [6.45, 7) is 8.41. The lowest BCUT2D eigenvalue weighted by Crippen LogP contribution is -2.66. The SMILES string of the molecule is COc1ccc2c(c1Oc1cccc(C#N)c1)C13CCN(CC4CC4)C(C2)C1(C)CCC3C(C)N(C)Cc1ccccc1. The highest BCUT2D eigenvalue weighted by atomic mass is 16.5. The molecule has 0 N–H and O–H groups in total. The lowest BCUT2D eigenvalue weighted by atomic mass is 9.47. The Morgan fingerprint density at radius 1 is 1.05 bits per heavy atom. The fourth-order valence-corrected chi connectivity index (χ4v) is 9.42. The van der Waals surface area contributed by atoms with Gasteiger partial charge in [-0.25, -0.2) is 0 Å². The molecule has 1 aliphatic heterocycles. The molecule has 1 heterocycles. The van der Waals surface area contributed by atoms with Gasteiger partial charge in [-0.15, -0.1) is 0 Å². The normalized spacial score (nSPS) is 28.6. The predicted octanol–water partition coefficient (Wildman–Crippen LogP) is 7.57. The van der Waals surface area contributed by atoms with Crippen molar-refractivity contribution in [2.24, 2.45) is 17.3 Å². The number of nitrogens with zero attached hydrogens (tertiary/aromatic N) is 3. The molecule has 5 unspecified atom stereocenters. The first kappa shape index (κ1) is 28.4. The summed E-state index contributed by atoms with van der Waals surface area (Å²) in [5.41, 5.74) is 4.86. The molecular weight excluding hydrogens is 530 g/mol. The minimum Gasteiger partial charge on any atom is -0.493 e. The monoisotopic (exact) mass is 575 g/mol. The molecule has 2 saturated carbocycles. The molecule has 1 saturated heterocycles. The largest absolute Gasteiger partial charge is 0.493 e. The highest BCUT2D eigenvalue weighted by Crippen LogP contribution is 2.70. The quantitative estimate of drug-likeness (QED) is 0.263. The number of fused-ring (bicyclic) bond motifs is 1.